The van der Waals surface area contributed by atoms with Crippen LogP contribution in [0.3, 0.4) is 0 Å². The van der Waals surface area contributed by atoms with E-state index in [1.807, 2.05) is 36.7 Å². The Morgan fingerprint density at radius 3 is 1.87 bits per heavy atom. The molecule has 0 radical (unpaired) electrons. The normalized spacial score (nSPS) is 10.9. The minimum absolute atomic E-state index is 0.581. The first-order valence-corrected chi connectivity index (χ1v) is 11.9. The molecule has 164 valence electrons. The zero-order valence-electron chi connectivity index (χ0n) is 19.1. The number of ether oxygens (including phenoxy) is 1. The third-order valence-corrected chi connectivity index (χ3v) is 5.63. The van der Waals surface area contributed by atoms with E-state index in [-0.39, 0.29) is 0 Å². The molecule has 31 heavy (non-hydrogen) atoms. The van der Waals surface area contributed by atoms with Gasteiger partial charge in [-0.3, -0.25) is 0 Å². The van der Waals surface area contributed by atoms with Crippen molar-refractivity contribution in [1.29, 1.82) is 0 Å². The van der Waals surface area contributed by atoms with Crippen molar-refractivity contribution in [3.05, 3.63) is 77.6 Å². The summed E-state index contributed by atoms with van der Waals surface area (Å²) in [5.74, 6) is 1.63. The SMILES string of the molecule is CCCCCCc1cnc(-c2ccc(OCc3ccc(CCCCC)cc3)cc2)nc1. The fraction of sp³-hybridized carbons (Fsp3) is 0.429. The lowest BCUT2D eigenvalue weighted by atomic mass is 10.1. The van der Waals surface area contributed by atoms with Crippen LogP contribution in [-0.4, -0.2) is 9.97 Å². The van der Waals surface area contributed by atoms with Gasteiger partial charge in [0.2, 0.25) is 0 Å². The Hall–Kier alpha value is -2.68. The fourth-order valence-electron chi connectivity index (χ4n) is 3.64. The van der Waals surface area contributed by atoms with Crippen molar-refractivity contribution in [3.8, 4) is 17.1 Å². The lowest BCUT2D eigenvalue weighted by molar-refractivity contribution is 0.306. The molecule has 0 aliphatic rings. The smallest absolute Gasteiger partial charge is 0.159 e. The highest BCUT2D eigenvalue weighted by Crippen LogP contribution is 2.20. The zero-order chi connectivity index (χ0) is 21.7. The van der Waals surface area contributed by atoms with Crippen molar-refractivity contribution < 1.29 is 4.74 Å². The van der Waals surface area contributed by atoms with Crippen LogP contribution in [0.15, 0.2) is 60.9 Å². The van der Waals surface area contributed by atoms with Crippen molar-refractivity contribution in [2.45, 2.75) is 78.2 Å². The maximum atomic E-state index is 5.96. The van der Waals surface area contributed by atoms with Gasteiger partial charge in [-0.25, -0.2) is 9.97 Å². The molecule has 3 aromatic rings. The van der Waals surface area contributed by atoms with Crippen molar-refractivity contribution in [2.75, 3.05) is 0 Å². The van der Waals surface area contributed by atoms with Crippen molar-refractivity contribution in [3.63, 3.8) is 0 Å². The average molecular weight is 417 g/mol. The first kappa shape index (κ1) is 23.0. The molecule has 0 saturated heterocycles. The number of hydrogen-bond acceptors (Lipinski definition) is 3. The lowest BCUT2D eigenvalue weighted by Gasteiger charge is -2.08. The van der Waals surface area contributed by atoms with Gasteiger partial charge < -0.3 is 4.74 Å². The van der Waals surface area contributed by atoms with E-state index in [2.05, 4.69) is 48.1 Å². The Kier molecular flexibility index (Phi) is 9.56. The highest BCUT2D eigenvalue weighted by atomic mass is 16.5. The second-order valence-corrected chi connectivity index (χ2v) is 8.31. The van der Waals surface area contributed by atoms with Crippen LogP contribution in [-0.2, 0) is 19.4 Å². The highest BCUT2D eigenvalue weighted by molar-refractivity contribution is 5.55. The molecule has 3 nitrogen and oxygen atoms in total. The van der Waals surface area contributed by atoms with E-state index < -0.39 is 0 Å². The molecule has 0 N–H and O–H groups in total. The summed E-state index contributed by atoms with van der Waals surface area (Å²) in [7, 11) is 0. The topological polar surface area (TPSA) is 35.0 Å². The lowest BCUT2D eigenvalue weighted by Crippen LogP contribution is -1.96. The van der Waals surface area contributed by atoms with Gasteiger partial charge in [0, 0.05) is 18.0 Å². The summed E-state index contributed by atoms with van der Waals surface area (Å²) in [6, 6.07) is 16.9. The third kappa shape index (κ3) is 7.82. The molecule has 0 fully saturated rings. The summed E-state index contributed by atoms with van der Waals surface area (Å²) in [5.41, 5.74) is 4.84. The minimum Gasteiger partial charge on any atom is -0.489 e. The molecule has 0 atom stereocenters. The van der Waals surface area contributed by atoms with E-state index in [0.29, 0.717) is 6.61 Å². The van der Waals surface area contributed by atoms with Crippen LogP contribution < -0.4 is 4.74 Å². The van der Waals surface area contributed by atoms with E-state index >= 15 is 0 Å². The molecule has 0 bridgehead atoms. The molecular formula is C28H36N2O. The van der Waals surface area contributed by atoms with Gasteiger partial charge >= 0.3 is 0 Å². The molecular weight excluding hydrogens is 380 g/mol. The summed E-state index contributed by atoms with van der Waals surface area (Å²) >= 11 is 0. The van der Waals surface area contributed by atoms with Gasteiger partial charge in [-0.1, -0.05) is 70.2 Å². The second-order valence-electron chi connectivity index (χ2n) is 8.31. The average Bonchev–Trinajstić information content (AvgIpc) is 2.82. The highest BCUT2D eigenvalue weighted by Gasteiger charge is 2.04. The minimum atomic E-state index is 0.581. The van der Waals surface area contributed by atoms with Crippen LogP contribution in [0.4, 0.5) is 0 Å². The summed E-state index contributed by atoms with van der Waals surface area (Å²) in [5, 5.41) is 0. The van der Waals surface area contributed by atoms with Crippen molar-refractivity contribution in [1.82, 2.24) is 9.97 Å². The number of unbranched alkanes of at least 4 members (excludes halogenated alkanes) is 5. The fourth-order valence-corrected chi connectivity index (χ4v) is 3.64. The molecule has 0 spiro atoms. The number of aryl methyl sites for hydroxylation is 2. The Bertz CT molecular complexity index is 870. The number of nitrogens with zero attached hydrogens (tertiary/aromatic N) is 2. The molecule has 0 aliphatic carbocycles. The summed E-state index contributed by atoms with van der Waals surface area (Å²) in [6.07, 6.45) is 15.0. The molecule has 3 heteroatoms. The Labute approximate surface area is 187 Å². The molecule has 1 aromatic heterocycles. The molecule has 0 amide bonds. The number of rotatable bonds is 13. The Morgan fingerprint density at radius 2 is 1.19 bits per heavy atom. The first-order chi connectivity index (χ1) is 15.3. The van der Waals surface area contributed by atoms with Gasteiger partial charge in [0.05, 0.1) is 0 Å². The predicted molar refractivity (Wildman–Crippen MR) is 129 cm³/mol. The predicted octanol–water partition coefficient (Wildman–Crippen LogP) is 7.58. The summed E-state index contributed by atoms with van der Waals surface area (Å²) in [6.45, 7) is 5.06. The van der Waals surface area contributed by atoms with Gasteiger partial charge in [-0.2, -0.15) is 0 Å². The molecule has 1 heterocycles. The van der Waals surface area contributed by atoms with Crippen molar-refractivity contribution in [2.24, 2.45) is 0 Å². The molecule has 2 aromatic carbocycles. The largest absolute Gasteiger partial charge is 0.489 e. The third-order valence-electron chi connectivity index (χ3n) is 5.63. The monoisotopic (exact) mass is 416 g/mol. The molecule has 0 saturated carbocycles. The van der Waals surface area contributed by atoms with Crippen molar-refractivity contribution >= 4 is 0 Å². The van der Waals surface area contributed by atoms with Gasteiger partial charge in [0.1, 0.15) is 12.4 Å². The van der Waals surface area contributed by atoms with Crippen LogP contribution in [0.25, 0.3) is 11.4 Å². The van der Waals surface area contributed by atoms with Crippen LogP contribution >= 0.6 is 0 Å². The molecule has 3 rings (SSSR count). The van der Waals surface area contributed by atoms with E-state index in [1.54, 1.807) is 0 Å². The molecule has 0 unspecified atom stereocenters. The van der Waals surface area contributed by atoms with Crippen LogP contribution in [0.2, 0.25) is 0 Å². The Balaban J connectivity index is 1.47. The number of aromatic nitrogens is 2. The van der Waals surface area contributed by atoms with Gasteiger partial charge in [-0.15, -0.1) is 0 Å². The standard InChI is InChI=1S/C28H36N2O/c1-3-5-7-9-11-25-20-29-28(30-21-25)26-16-18-27(19-17-26)31-22-24-14-12-23(13-15-24)10-8-6-4-2/h12-21H,3-11,22H2,1-2H3. The first-order valence-electron chi connectivity index (χ1n) is 11.9. The van der Waals surface area contributed by atoms with E-state index in [9.17, 15) is 0 Å². The van der Waals surface area contributed by atoms with Gasteiger partial charge in [-0.05, 0) is 66.6 Å². The van der Waals surface area contributed by atoms with Crippen LogP contribution in [0.5, 0.6) is 5.75 Å². The molecule has 0 aliphatic heterocycles. The maximum absolute atomic E-state index is 5.96. The summed E-state index contributed by atoms with van der Waals surface area (Å²) < 4.78 is 5.96. The second kappa shape index (κ2) is 12.9. The van der Waals surface area contributed by atoms with E-state index in [0.717, 1.165) is 23.6 Å². The van der Waals surface area contributed by atoms with Gasteiger partial charge in [0.25, 0.3) is 0 Å². The van der Waals surface area contributed by atoms with Gasteiger partial charge in [0.15, 0.2) is 5.82 Å². The Morgan fingerprint density at radius 1 is 0.613 bits per heavy atom. The van der Waals surface area contributed by atoms with E-state index in [4.69, 9.17) is 4.74 Å². The van der Waals surface area contributed by atoms with Crippen LogP contribution in [0, 0.1) is 0 Å². The zero-order valence-corrected chi connectivity index (χ0v) is 19.1. The summed E-state index contributed by atoms with van der Waals surface area (Å²) in [4.78, 5) is 9.11. The maximum Gasteiger partial charge on any atom is 0.159 e. The number of benzene rings is 2. The number of hydrogen-bond donors (Lipinski definition) is 0. The van der Waals surface area contributed by atoms with E-state index in [1.165, 1.54) is 68.1 Å². The van der Waals surface area contributed by atoms with Crippen LogP contribution in [0.1, 0.15) is 75.5 Å². The quantitative estimate of drug-likeness (QED) is 0.269.